The minimum Gasteiger partial charge on any atom is -0.207 e. The molecule has 1 atom stereocenters. The van der Waals surface area contributed by atoms with Crippen molar-refractivity contribution in [2.24, 2.45) is 5.92 Å². The fourth-order valence-electron chi connectivity index (χ4n) is 1.70. The minimum atomic E-state index is -0.523. The van der Waals surface area contributed by atoms with Crippen LogP contribution in [0.25, 0.3) is 0 Å². The van der Waals surface area contributed by atoms with Crippen LogP contribution < -0.4 is 0 Å². The number of hydrogen-bond acceptors (Lipinski definition) is 0. The third-order valence-electron chi connectivity index (χ3n) is 2.40. The fourth-order valence-corrected chi connectivity index (χ4v) is 1.70. The van der Waals surface area contributed by atoms with E-state index in [1.165, 1.54) is 12.1 Å². The summed E-state index contributed by atoms with van der Waals surface area (Å²) in [5, 5.41) is 0. The van der Waals surface area contributed by atoms with Gasteiger partial charge in [-0.15, -0.1) is 0 Å². The molecule has 0 fully saturated rings. The summed E-state index contributed by atoms with van der Waals surface area (Å²) in [6, 6.07) is 3.76. The van der Waals surface area contributed by atoms with Crippen LogP contribution in [0, 0.1) is 24.0 Å². The van der Waals surface area contributed by atoms with Crippen molar-refractivity contribution in [3.05, 3.63) is 41.8 Å². The SMILES string of the molecule is C[CH][C@H](c1ccc(F)cc1F)C(C)C. The lowest BCUT2D eigenvalue weighted by atomic mass is 9.86. The summed E-state index contributed by atoms with van der Waals surface area (Å²) in [5.41, 5.74) is 0.573. The number of benzene rings is 1. The molecule has 0 spiro atoms. The highest BCUT2D eigenvalue weighted by molar-refractivity contribution is 5.25. The van der Waals surface area contributed by atoms with Crippen LogP contribution in [-0.2, 0) is 0 Å². The lowest BCUT2D eigenvalue weighted by molar-refractivity contribution is 0.506. The molecule has 14 heavy (non-hydrogen) atoms. The van der Waals surface area contributed by atoms with Gasteiger partial charge in [-0.1, -0.05) is 26.8 Å². The Morgan fingerprint density at radius 2 is 1.86 bits per heavy atom. The smallest absolute Gasteiger partial charge is 0.129 e. The van der Waals surface area contributed by atoms with E-state index in [0.29, 0.717) is 11.5 Å². The summed E-state index contributed by atoms with van der Waals surface area (Å²) in [6.45, 7) is 5.94. The summed E-state index contributed by atoms with van der Waals surface area (Å²) in [4.78, 5) is 0. The van der Waals surface area contributed by atoms with Crippen LogP contribution in [-0.4, -0.2) is 0 Å². The van der Waals surface area contributed by atoms with Gasteiger partial charge in [-0.05, 0) is 29.9 Å². The van der Waals surface area contributed by atoms with Crippen LogP contribution in [0.5, 0.6) is 0 Å². The van der Waals surface area contributed by atoms with Gasteiger partial charge in [-0.3, -0.25) is 0 Å². The molecule has 0 amide bonds. The van der Waals surface area contributed by atoms with Crippen molar-refractivity contribution in [2.45, 2.75) is 26.7 Å². The van der Waals surface area contributed by atoms with E-state index in [9.17, 15) is 8.78 Å². The van der Waals surface area contributed by atoms with Crippen molar-refractivity contribution in [3.8, 4) is 0 Å². The Balaban J connectivity index is 3.04. The molecule has 0 nitrogen and oxygen atoms in total. The topological polar surface area (TPSA) is 0 Å². The van der Waals surface area contributed by atoms with Crippen molar-refractivity contribution in [1.82, 2.24) is 0 Å². The van der Waals surface area contributed by atoms with Crippen molar-refractivity contribution in [3.63, 3.8) is 0 Å². The summed E-state index contributed by atoms with van der Waals surface area (Å²) < 4.78 is 26.1. The van der Waals surface area contributed by atoms with Gasteiger partial charge in [0, 0.05) is 6.07 Å². The van der Waals surface area contributed by atoms with Crippen molar-refractivity contribution < 1.29 is 8.78 Å². The van der Waals surface area contributed by atoms with E-state index in [4.69, 9.17) is 0 Å². The van der Waals surface area contributed by atoms with Crippen LogP contribution in [0.15, 0.2) is 18.2 Å². The maximum absolute atomic E-state index is 13.4. The fraction of sp³-hybridized carbons (Fsp3) is 0.417. The molecule has 1 radical (unpaired) electrons. The molecular weight excluding hydrogens is 182 g/mol. The molecule has 0 N–H and O–H groups in total. The van der Waals surface area contributed by atoms with E-state index in [1.54, 1.807) is 0 Å². The molecule has 0 aliphatic heterocycles. The number of halogens is 2. The average Bonchev–Trinajstić information content (AvgIpc) is 2.09. The quantitative estimate of drug-likeness (QED) is 0.688. The first-order chi connectivity index (χ1) is 6.56. The van der Waals surface area contributed by atoms with Crippen LogP contribution in [0.4, 0.5) is 8.78 Å². The van der Waals surface area contributed by atoms with Gasteiger partial charge in [0.15, 0.2) is 0 Å². The Hall–Kier alpha value is -0.920. The van der Waals surface area contributed by atoms with E-state index in [2.05, 4.69) is 0 Å². The highest BCUT2D eigenvalue weighted by Crippen LogP contribution is 2.29. The van der Waals surface area contributed by atoms with Crippen LogP contribution >= 0.6 is 0 Å². The molecule has 0 aliphatic carbocycles. The Kier molecular flexibility index (Phi) is 3.62. The summed E-state index contributed by atoms with van der Waals surface area (Å²) >= 11 is 0. The second-order valence-corrected chi connectivity index (χ2v) is 3.77. The van der Waals surface area contributed by atoms with Crippen LogP contribution in [0.2, 0.25) is 0 Å². The molecule has 0 saturated carbocycles. The van der Waals surface area contributed by atoms with Crippen LogP contribution in [0.3, 0.4) is 0 Å². The van der Waals surface area contributed by atoms with E-state index in [-0.39, 0.29) is 5.92 Å². The first-order valence-electron chi connectivity index (χ1n) is 4.80. The zero-order valence-electron chi connectivity index (χ0n) is 8.72. The third-order valence-corrected chi connectivity index (χ3v) is 2.40. The molecular formula is C12H15F2. The summed E-state index contributed by atoms with van der Waals surface area (Å²) in [5.74, 6) is -0.609. The van der Waals surface area contributed by atoms with Gasteiger partial charge >= 0.3 is 0 Å². The zero-order valence-corrected chi connectivity index (χ0v) is 8.72. The molecule has 0 aliphatic rings. The second-order valence-electron chi connectivity index (χ2n) is 3.77. The molecule has 0 bridgehead atoms. The normalized spacial score (nSPS) is 13.3. The molecule has 0 heterocycles. The first-order valence-corrected chi connectivity index (χ1v) is 4.80. The maximum Gasteiger partial charge on any atom is 0.129 e. The first kappa shape index (κ1) is 11.2. The predicted octanol–water partition coefficient (Wildman–Crippen LogP) is 3.93. The summed E-state index contributed by atoms with van der Waals surface area (Å²) in [6.07, 6.45) is 1.95. The van der Waals surface area contributed by atoms with E-state index in [0.717, 1.165) is 6.07 Å². The molecule has 1 aromatic carbocycles. The van der Waals surface area contributed by atoms with E-state index in [1.807, 2.05) is 27.2 Å². The highest BCUT2D eigenvalue weighted by Gasteiger charge is 2.17. The van der Waals surface area contributed by atoms with Gasteiger partial charge < -0.3 is 0 Å². The largest absolute Gasteiger partial charge is 0.207 e. The van der Waals surface area contributed by atoms with Gasteiger partial charge in [0.05, 0.1) is 0 Å². The molecule has 0 saturated heterocycles. The Morgan fingerprint density at radius 1 is 1.21 bits per heavy atom. The second kappa shape index (κ2) is 4.54. The van der Waals surface area contributed by atoms with Crippen molar-refractivity contribution in [2.75, 3.05) is 0 Å². The van der Waals surface area contributed by atoms with Gasteiger partial charge in [-0.25, -0.2) is 8.78 Å². The Labute approximate surface area is 84.0 Å². The Morgan fingerprint density at radius 3 is 2.29 bits per heavy atom. The molecule has 0 aromatic heterocycles. The van der Waals surface area contributed by atoms with Crippen molar-refractivity contribution in [1.29, 1.82) is 0 Å². The number of hydrogen-bond donors (Lipinski definition) is 0. The standard InChI is InChI=1S/C12H15F2/c1-4-10(8(2)3)11-6-5-9(13)7-12(11)14/h4-8,10H,1-3H3/t10-/m0/s1. The highest BCUT2D eigenvalue weighted by atomic mass is 19.1. The molecule has 1 rings (SSSR count). The Bertz CT molecular complexity index is 305. The van der Waals surface area contributed by atoms with Gasteiger partial charge in [0.2, 0.25) is 0 Å². The maximum atomic E-state index is 13.4. The van der Waals surface area contributed by atoms with Gasteiger partial charge in [0.1, 0.15) is 11.6 Å². The lowest BCUT2D eigenvalue weighted by Gasteiger charge is -2.19. The molecule has 2 heteroatoms. The molecule has 77 valence electrons. The van der Waals surface area contributed by atoms with E-state index >= 15 is 0 Å². The molecule has 0 unspecified atom stereocenters. The zero-order chi connectivity index (χ0) is 10.7. The lowest BCUT2D eigenvalue weighted by Crippen LogP contribution is -2.08. The third kappa shape index (κ3) is 2.31. The predicted molar refractivity (Wildman–Crippen MR) is 53.9 cm³/mol. The number of rotatable bonds is 3. The monoisotopic (exact) mass is 197 g/mol. The molecule has 1 aromatic rings. The van der Waals surface area contributed by atoms with E-state index < -0.39 is 11.6 Å². The average molecular weight is 197 g/mol. The van der Waals surface area contributed by atoms with Crippen LogP contribution in [0.1, 0.15) is 32.3 Å². The van der Waals surface area contributed by atoms with Crippen molar-refractivity contribution >= 4 is 0 Å². The minimum absolute atomic E-state index is 0.0515. The van der Waals surface area contributed by atoms with Gasteiger partial charge in [-0.2, -0.15) is 0 Å². The van der Waals surface area contributed by atoms with Gasteiger partial charge in [0.25, 0.3) is 0 Å². The summed E-state index contributed by atoms with van der Waals surface area (Å²) in [7, 11) is 0.